The highest BCUT2D eigenvalue weighted by Gasteiger charge is 1.96. The summed E-state index contributed by atoms with van der Waals surface area (Å²) in [5.74, 6) is 0.370. The minimum absolute atomic E-state index is 0.370. The number of hydrogen-bond donors (Lipinski definition) is 1. The molecule has 1 aromatic rings. The second-order valence-corrected chi connectivity index (χ2v) is 6.66. The Morgan fingerprint density at radius 2 is 1.00 bits per heavy atom. The van der Waals surface area contributed by atoms with Gasteiger partial charge in [0.15, 0.2) is 0 Å². The minimum atomic E-state index is 0.370. The topological polar surface area (TPSA) is 20.2 Å². The van der Waals surface area contributed by atoms with Gasteiger partial charge in [-0.2, -0.15) is 0 Å². The molecule has 0 aliphatic rings. The average Bonchev–Trinajstić information content (AvgIpc) is 2.53. The van der Waals surface area contributed by atoms with E-state index in [4.69, 9.17) is 0 Å². The van der Waals surface area contributed by atoms with Gasteiger partial charge in [-0.05, 0) is 30.5 Å². The van der Waals surface area contributed by atoms with Gasteiger partial charge in [-0.25, -0.2) is 0 Å². The van der Waals surface area contributed by atoms with E-state index in [-0.39, 0.29) is 0 Å². The van der Waals surface area contributed by atoms with E-state index in [1.165, 1.54) is 89.0 Å². The van der Waals surface area contributed by atoms with Gasteiger partial charge in [-0.15, -0.1) is 0 Å². The third-order valence-electron chi connectivity index (χ3n) is 4.51. The molecule has 0 aliphatic carbocycles. The van der Waals surface area contributed by atoms with Crippen LogP contribution in [0.2, 0.25) is 0 Å². The van der Waals surface area contributed by atoms with Crippen LogP contribution in [0.15, 0.2) is 24.3 Å². The van der Waals surface area contributed by atoms with Crippen LogP contribution in [-0.4, -0.2) is 5.11 Å². The van der Waals surface area contributed by atoms with Crippen LogP contribution in [0.5, 0.6) is 5.75 Å². The second-order valence-electron chi connectivity index (χ2n) is 6.66. The van der Waals surface area contributed by atoms with Crippen LogP contribution in [0.1, 0.15) is 96.0 Å². The van der Waals surface area contributed by atoms with E-state index < -0.39 is 0 Å². The predicted molar refractivity (Wildman–Crippen MR) is 97.5 cm³/mol. The second kappa shape index (κ2) is 13.7. The van der Waals surface area contributed by atoms with E-state index >= 15 is 0 Å². The fraction of sp³-hybridized carbons (Fsp3) is 0.714. The first-order valence-electron chi connectivity index (χ1n) is 9.61. The minimum Gasteiger partial charge on any atom is -0.508 e. The highest BCUT2D eigenvalue weighted by Crippen LogP contribution is 2.15. The summed E-state index contributed by atoms with van der Waals surface area (Å²) in [5, 5.41) is 9.24. The normalized spacial score (nSPS) is 11.0. The molecular formula is C21H36O. The van der Waals surface area contributed by atoms with Crippen LogP contribution in [0.3, 0.4) is 0 Å². The Bertz CT molecular complexity index is 341. The van der Waals surface area contributed by atoms with Crippen molar-refractivity contribution in [2.75, 3.05) is 0 Å². The Morgan fingerprint density at radius 3 is 1.45 bits per heavy atom. The summed E-state index contributed by atoms with van der Waals surface area (Å²) in [6.45, 7) is 2.28. The molecule has 0 aliphatic heterocycles. The lowest BCUT2D eigenvalue weighted by Gasteiger charge is -2.04. The van der Waals surface area contributed by atoms with Gasteiger partial charge in [-0.3, -0.25) is 0 Å². The molecule has 0 saturated carbocycles. The van der Waals surface area contributed by atoms with Gasteiger partial charge in [0, 0.05) is 0 Å². The Kier molecular flexibility index (Phi) is 11.8. The molecule has 0 radical (unpaired) electrons. The molecule has 22 heavy (non-hydrogen) atoms. The lowest BCUT2D eigenvalue weighted by Crippen LogP contribution is -1.86. The lowest BCUT2D eigenvalue weighted by atomic mass is 10.0. The van der Waals surface area contributed by atoms with E-state index in [9.17, 15) is 5.11 Å². The van der Waals surface area contributed by atoms with Crippen LogP contribution < -0.4 is 0 Å². The number of phenolic OH excluding ortho intramolecular Hbond substituents is 1. The number of rotatable bonds is 14. The van der Waals surface area contributed by atoms with Gasteiger partial charge < -0.3 is 5.11 Å². The monoisotopic (exact) mass is 304 g/mol. The number of benzene rings is 1. The zero-order valence-corrected chi connectivity index (χ0v) is 14.7. The number of hydrogen-bond acceptors (Lipinski definition) is 1. The summed E-state index contributed by atoms with van der Waals surface area (Å²) in [4.78, 5) is 0. The standard InChI is InChI=1S/C21H36O/c1-2-3-4-5-6-7-8-9-10-11-12-13-14-15-20-16-18-21(22)19-17-20/h16-19,22H,2-15H2,1H3. The number of phenols is 1. The van der Waals surface area contributed by atoms with E-state index in [1.807, 2.05) is 12.1 Å². The molecule has 0 heterocycles. The van der Waals surface area contributed by atoms with Crippen LogP contribution in [0.4, 0.5) is 0 Å². The molecule has 1 rings (SSSR count). The van der Waals surface area contributed by atoms with Crippen molar-refractivity contribution in [3.8, 4) is 5.75 Å². The highest BCUT2D eigenvalue weighted by atomic mass is 16.3. The predicted octanol–water partition coefficient (Wildman–Crippen LogP) is 7.03. The molecule has 0 aromatic heterocycles. The first kappa shape index (κ1) is 19.1. The first-order chi connectivity index (χ1) is 10.8. The number of unbranched alkanes of at least 4 members (excludes halogenated alkanes) is 12. The molecule has 1 aromatic carbocycles. The first-order valence-corrected chi connectivity index (χ1v) is 9.61. The third kappa shape index (κ3) is 10.7. The summed E-state index contributed by atoms with van der Waals surface area (Å²) in [7, 11) is 0. The zero-order chi connectivity index (χ0) is 15.9. The SMILES string of the molecule is CCCCCCCCCCCCCCCc1ccc(O)cc1. The van der Waals surface area contributed by atoms with Crippen LogP contribution in [-0.2, 0) is 6.42 Å². The molecule has 0 spiro atoms. The smallest absolute Gasteiger partial charge is 0.115 e. The van der Waals surface area contributed by atoms with Crippen molar-refractivity contribution in [2.24, 2.45) is 0 Å². The van der Waals surface area contributed by atoms with Gasteiger partial charge >= 0.3 is 0 Å². The highest BCUT2D eigenvalue weighted by molar-refractivity contribution is 5.25. The van der Waals surface area contributed by atoms with Crippen molar-refractivity contribution in [1.29, 1.82) is 0 Å². The molecule has 0 saturated heterocycles. The maximum atomic E-state index is 9.24. The van der Waals surface area contributed by atoms with Crippen molar-refractivity contribution in [2.45, 2.75) is 96.8 Å². The van der Waals surface area contributed by atoms with Gasteiger partial charge in [0.2, 0.25) is 0 Å². The van der Waals surface area contributed by atoms with Crippen molar-refractivity contribution in [3.05, 3.63) is 29.8 Å². The molecule has 0 fully saturated rings. The number of aryl methyl sites for hydroxylation is 1. The van der Waals surface area contributed by atoms with E-state index in [1.54, 1.807) is 12.1 Å². The molecule has 1 N–H and O–H groups in total. The summed E-state index contributed by atoms with van der Waals surface area (Å²) in [6, 6.07) is 7.65. The molecule has 0 atom stereocenters. The van der Waals surface area contributed by atoms with Crippen molar-refractivity contribution < 1.29 is 5.11 Å². The van der Waals surface area contributed by atoms with Crippen molar-refractivity contribution in [1.82, 2.24) is 0 Å². The molecule has 0 bridgehead atoms. The molecule has 0 unspecified atom stereocenters. The van der Waals surface area contributed by atoms with E-state index in [2.05, 4.69) is 6.92 Å². The Balaban J connectivity index is 1.79. The van der Waals surface area contributed by atoms with Crippen LogP contribution >= 0.6 is 0 Å². The van der Waals surface area contributed by atoms with Gasteiger partial charge in [0.25, 0.3) is 0 Å². The Morgan fingerprint density at radius 1 is 0.591 bits per heavy atom. The molecule has 1 nitrogen and oxygen atoms in total. The summed E-state index contributed by atoms with van der Waals surface area (Å²) in [6.07, 6.45) is 19.4. The van der Waals surface area contributed by atoms with Gasteiger partial charge in [0.1, 0.15) is 5.75 Å². The average molecular weight is 305 g/mol. The summed E-state index contributed by atoms with van der Waals surface area (Å²) in [5.41, 5.74) is 1.35. The molecule has 126 valence electrons. The van der Waals surface area contributed by atoms with Gasteiger partial charge in [-0.1, -0.05) is 96.1 Å². The van der Waals surface area contributed by atoms with Crippen LogP contribution in [0, 0.1) is 0 Å². The fourth-order valence-electron chi connectivity index (χ4n) is 3.01. The Hall–Kier alpha value is -0.980. The largest absolute Gasteiger partial charge is 0.508 e. The fourth-order valence-corrected chi connectivity index (χ4v) is 3.01. The van der Waals surface area contributed by atoms with E-state index in [0.717, 1.165) is 6.42 Å². The third-order valence-corrected chi connectivity index (χ3v) is 4.51. The molecular weight excluding hydrogens is 268 g/mol. The molecule has 0 amide bonds. The van der Waals surface area contributed by atoms with Crippen molar-refractivity contribution in [3.63, 3.8) is 0 Å². The maximum absolute atomic E-state index is 9.24. The zero-order valence-electron chi connectivity index (χ0n) is 14.7. The number of aromatic hydroxyl groups is 1. The van der Waals surface area contributed by atoms with E-state index in [0.29, 0.717) is 5.75 Å². The van der Waals surface area contributed by atoms with Gasteiger partial charge in [0.05, 0.1) is 0 Å². The lowest BCUT2D eigenvalue weighted by molar-refractivity contribution is 0.475. The van der Waals surface area contributed by atoms with Crippen LogP contribution in [0.25, 0.3) is 0 Å². The van der Waals surface area contributed by atoms with Crippen molar-refractivity contribution >= 4 is 0 Å². The quantitative estimate of drug-likeness (QED) is 0.366. The Labute approximate surface area is 138 Å². The summed E-state index contributed by atoms with van der Waals surface area (Å²) >= 11 is 0. The summed E-state index contributed by atoms with van der Waals surface area (Å²) < 4.78 is 0. The molecule has 1 heteroatoms. The maximum Gasteiger partial charge on any atom is 0.115 e.